The highest BCUT2D eigenvalue weighted by Gasteiger charge is 2.09. The lowest BCUT2D eigenvalue weighted by atomic mass is 10.3. The first-order valence-electron chi connectivity index (χ1n) is 6.51. The van der Waals surface area contributed by atoms with Crippen molar-refractivity contribution >= 4 is 50.5 Å². The van der Waals surface area contributed by atoms with Gasteiger partial charge in [0.15, 0.2) is 0 Å². The summed E-state index contributed by atoms with van der Waals surface area (Å²) in [4.78, 5) is 10.4. The van der Waals surface area contributed by atoms with Gasteiger partial charge in [-0.05, 0) is 29.3 Å². The van der Waals surface area contributed by atoms with E-state index in [4.69, 9.17) is 0 Å². The Balaban J connectivity index is 1.83. The molecule has 1 N–H and O–H groups in total. The molecule has 0 atom stereocenters. The van der Waals surface area contributed by atoms with Gasteiger partial charge in [0.1, 0.15) is 16.5 Å². The van der Waals surface area contributed by atoms with E-state index in [1.165, 1.54) is 4.21 Å². The number of hydrogen-bond acceptors (Lipinski definition) is 6. The van der Waals surface area contributed by atoms with Crippen LogP contribution in [0.4, 0.5) is 5.82 Å². The third kappa shape index (κ3) is 3.13. The summed E-state index contributed by atoms with van der Waals surface area (Å²) in [6.45, 7) is 3.10. The van der Waals surface area contributed by atoms with Crippen LogP contribution >= 0.6 is 34.4 Å². The molecule has 0 bridgehead atoms. The number of fused-ring (bicyclic) bond motifs is 1. The van der Waals surface area contributed by atoms with Gasteiger partial charge in [-0.3, -0.25) is 0 Å². The van der Waals surface area contributed by atoms with E-state index >= 15 is 0 Å². The fourth-order valence-electron chi connectivity index (χ4n) is 1.82. The molecule has 0 unspecified atom stereocenters. The van der Waals surface area contributed by atoms with Gasteiger partial charge in [0, 0.05) is 6.54 Å². The van der Waals surface area contributed by atoms with Gasteiger partial charge in [-0.15, -0.1) is 34.4 Å². The van der Waals surface area contributed by atoms with Crippen LogP contribution in [0.1, 0.15) is 19.2 Å². The van der Waals surface area contributed by atoms with Crippen LogP contribution in [0.3, 0.4) is 0 Å². The summed E-state index contributed by atoms with van der Waals surface area (Å²) < 4.78 is 1.31. The van der Waals surface area contributed by atoms with Gasteiger partial charge in [0.05, 0.1) is 15.3 Å². The Hall–Kier alpha value is -1.11. The van der Waals surface area contributed by atoms with Gasteiger partial charge >= 0.3 is 0 Å². The standard InChI is InChI=1S/C14H15N3S3/c1-2-6-15-13-10-5-8-19-14(10)17-11(16-13)9-20-12-4-3-7-18-12/h3-5,7-8H,2,6,9H2,1H3,(H,15,16,17). The number of hydrogen-bond donors (Lipinski definition) is 1. The zero-order chi connectivity index (χ0) is 13.8. The summed E-state index contributed by atoms with van der Waals surface area (Å²) in [6.07, 6.45) is 1.09. The molecule has 0 radical (unpaired) electrons. The molecule has 6 heteroatoms. The Labute approximate surface area is 130 Å². The first-order valence-corrected chi connectivity index (χ1v) is 9.25. The van der Waals surface area contributed by atoms with Crippen molar-refractivity contribution in [2.45, 2.75) is 23.3 Å². The number of thiophene rings is 2. The zero-order valence-electron chi connectivity index (χ0n) is 11.1. The second kappa shape index (κ2) is 6.56. The first-order chi connectivity index (χ1) is 9.86. The zero-order valence-corrected chi connectivity index (χ0v) is 13.6. The Bertz CT molecular complexity index is 676. The van der Waals surface area contributed by atoms with Crippen LogP contribution < -0.4 is 5.32 Å². The normalized spacial score (nSPS) is 11.1. The summed E-state index contributed by atoms with van der Waals surface area (Å²) >= 11 is 5.23. The summed E-state index contributed by atoms with van der Waals surface area (Å²) in [6, 6.07) is 6.30. The number of nitrogens with one attached hydrogen (secondary N) is 1. The number of thioether (sulfide) groups is 1. The summed E-state index contributed by atoms with van der Waals surface area (Å²) in [5.41, 5.74) is 0. The molecule has 0 saturated carbocycles. The van der Waals surface area contributed by atoms with E-state index in [1.54, 1.807) is 34.4 Å². The van der Waals surface area contributed by atoms with E-state index in [1.807, 2.05) is 0 Å². The van der Waals surface area contributed by atoms with E-state index in [-0.39, 0.29) is 0 Å². The number of rotatable bonds is 6. The lowest BCUT2D eigenvalue weighted by Gasteiger charge is -2.07. The van der Waals surface area contributed by atoms with Crippen molar-refractivity contribution in [1.82, 2.24) is 9.97 Å². The molecule has 0 aliphatic heterocycles. The lowest BCUT2D eigenvalue weighted by molar-refractivity contribution is 0.961. The van der Waals surface area contributed by atoms with E-state index in [0.29, 0.717) is 0 Å². The van der Waals surface area contributed by atoms with Crippen LogP contribution in [-0.4, -0.2) is 16.5 Å². The maximum absolute atomic E-state index is 4.68. The van der Waals surface area contributed by atoms with Gasteiger partial charge in [-0.25, -0.2) is 9.97 Å². The minimum atomic E-state index is 0.815. The van der Waals surface area contributed by atoms with Gasteiger partial charge in [0.25, 0.3) is 0 Å². The number of nitrogens with zero attached hydrogens (tertiary/aromatic N) is 2. The van der Waals surface area contributed by atoms with Gasteiger partial charge in [-0.1, -0.05) is 13.0 Å². The van der Waals surface area contributed by atoms with Crippen molar-refractivity contribution in [2.24, 2.45) is 0 Å². The molecule has 3 aromatic rings. The Kier molecular flexibility index (Phi) is 4.54. The summed E-state index contributed by atoms with van der Waals surface area (Å²) in [5, 5.41) is 8.71. The predicted octanol–water partition coefficient (Wildman–Crippen LogP) is 4.87. The minimum Gasteiger partial charge on any atom is -0.369 e. The molecular weight excluding hydrogens is 306 g/mol. The molecule has 0 fully saturated rings. The molecule has 104 valence electrons. The highest BCUT2D eigenvalue weighted by Crippen LogP contribution is 2.29. The number of anilines is 1. The lowest BCUT2D eigenvalue weighted by Crippen LogP contribution is -2.05. The van der Waals surface area contributed by atoms with Gasteiger partial charge in [0.2, 0.25) is 0 Å². The monoisotopic (exact) mass is 321 g/mol. The Morgan fingerprint density at radius 3 is 2.95 bits per heavy atom. The Morgan fingerprint density at radius 1 is 1.20 bits per heavy atom. The van der Waals surface area contributed by atoms with Crippen molar-refractivity contribution < 1.29 is 0 Å². The fraction of sp³-hybridized carbons (Fsp3) is 0.286. The molecule has 3 heterocycles. The SMILES string of the molecule is CCCNc1nc(CSc2cccs2)nc2sccc12. The third-order valence-corrected chi connectivity index (χ3v) is 5.69. The van der Waals surface area contributed by atoms with Crippen molar-refractivity contribution in [3.05, 3.63) is 34.8 Å². The van der Waals surface area contributed by atoms with E-state index < -0.39 is 0 Å². The van der Waals surface area contributed by atoms with Crippen LogP contribution in [0.15, 0.2) is 33.2 Å². The molecule has 0 amide bonds. The molecule has 0 aromatic carbocycles. The Morgan fingerprint density at radius 2 is 2.15 bits per heavy atom. The maximum Gasteiger partial charge on any atom is 0.142 e. The van der Waals surface area contributed by atoms with E-state index in [2.05, 4.69) is 51.2 Å². The maximum atomic E-state index is 4.68. The number of aromatic nitrogens is 2. The molecule has 20 heavy (non-hydrogen) atoms. The van der Waals surface area contributed by atoms with E-state index in [9.17, 15) is 0 Å². The average Bonchev–Trinajstić information content (AvgIpc) is 3.13. The largest absolute Gasteiger partial charge is 0.369 e. The van der Waals surface area contributed by atoms with Crippen LogP contribution in [0.5, 0.6) is 0 Å². The van der Waals surface area contributed by atoms with Gasteiger partial charge < -0.3 is 5.32 Å². The van der Waals surface area contributed by atoms with Crippen LogP contribution in [0.2, 0.25) is 0 Å². The smallest absolute Gasteiger partial charge is 0.142 e. The highest BCUT2D eigenvalue weighted by atomic mass is 32.2. The minimum absolute atomic E-state index is 0.815. The second-order valence-electron chi connectivity index (χ2n) is 4.28. The molecule has 0 aliphatic rings. The topological polar surface area (TPSA) is 37.8 Å². The molecule has 3 rings (SSSR count). The van der Waals surface area contributed by atoms with Crippen LogP contribution in [-0.2, 0) is 5.75 Å². The van der Waals surface area contributed by atoms with Crippen molar-refractivity contribution in [3.8, 4) is 0 Å². The fourth-order valence-corrected chi connectivity index (χ4v) is 4.25. The highest BCUT2D eigenvalue weighted by molar-refractivity contribution is 8.00. The molecule has 0 saturated heterocycles. The van der Waals surface area contributed by atoms with Crippen LogP contribution in [0.25, 0.3) is 10.2 Å². The molecule has 3 nitrogen and oxygen atoms in total. The predicted molar refractivity (Wildman–Crippen MR) is 90.1 cm³/mol. The second-order valence-corrected chi connectivity index (χ2v) is 7.39. The van der Waals surface area contributed by atoms with Crippen molar-refractivity contribution in [2.75, 3.05) is 11.9 Å². The third-order valence-electron chi connectivity index (χ3n) is 2.75. The first kappa shape index (κ1) is 13.9. The quantitative estimate of drug-likeness (QED) is 0.657. The van der Waals surface area contributed by atoms with Gasteiger partial charge in [-0.2, -0.15) is 0 Å². The molecule has 0 spiro atoms. The summed E-state index contributed by atoms with van der Waals surface area (Å²) in [5.74, 6) is 2.69. The molecular formula is C14H15N3S3. The van der Waals surface area contributed by atoms with Crippen molar-refractivity contribution in [3.63, 3.8) is 0 Å². The molecule has 0 aliphatic carbocycles. The van der Waals surface area contributed by atoms with Crippen LogP contribution in [0, 0.1) is 0 Å². The average molecular weight is 321 g/mol. The van der Waals surface area contributed by atoms with Crippen molar-refractivity contribution in [1.29, 1.82) is 0 Å². The molecule has 3 aromatic heterocycles. The summed E-state index contributed by atoms with van der Waals surface area (Å²) in [7, 11) is 0. The van der Waals surface area contributed by atoms with E-state index in [0.717, 1.165) is 40.6 Å².